The molecule has 3 saturated heterocycles. The van der Waals surface area contributed by atoms with Crippen molar-refractivity contribution in [3.63, 3.8) is 0 Å². The van der Waals surface area contributed by atoms with Crippen LogP contribution < -0.4 is 0 Å². The number of ether oxygens (including phenoxy) is 11. The summed E-state index contributed by atoms with van der Waals surface area (Å²) in [6, 6.07) is 3.61. The van der Waals surface area contributed by atoms with E-state index in [1.54, 1.807) is 31.2 Å². The third-order valence-electron chi connectivity index (χ3n) is 11.6. The summed E-state index contributed by atoms with van der Waals surface area (Å²) in [6.45, 7) is 5.18. The minimum absolute atomic E-state index is 0.0321. The van der Waals surface area contributed by atoms with E-state index in [1.807, 2.05) is 6.07 Å². The normalized spacial score (nSPS) is 32.4. The predicted octanol–water partition coefficient (Wildman–Crippen LogP) is 6.61. The van der Waals surface area contributed by atoms with Gasteiger partial charge < -0.3 is 52.1 Å². The van der Waals surface area contributed by atoms with E-state index in [0.29, 0.717) is 0 Å². The highest BCUT2D eigenvalue weighted by molar-refractivity contribution is 9.07. The molecule has 1 amide bonds. The molecule has 1 aromatic rings. The Kier molecular flexibility index (Phi) is 21.8. The van der Waals surface area contributed by atoms with Crippen molar-refractivity contribution in [3.05, 3.63) is 88.1 Å². The molecule has 3 aliphatic heterocycles. The molecule has 1 aromatic carbocycles. The summed E-state index contributed by atoms with van der Waals surface area (Å²) in [7, 11) is 0. The van der Waals surface area contributed by atoms with Gasteiger partial charge in [0.1, 0.15) is 37.1 Å². The number of carbonyl (C=O) groups excluding carboxylic acids is 5. The van der Waals surface area contributed by atoms with E-state index in [4.69, 9.17) is 52.1 Å². The Bertz CT molecular complexity index is 2370. The number of azide groups is 5. The monoisotopic (exact) mass is 1090 g/mol. The van der Waals surface area contributed by atoms with Gasteiger partial charge in [0.15, 0.2) is 37.2 Å². The summed E-state index contributed by atoms with van der Waals surface area (Å²) < 4.78 is 67.3. The second-order valence-corrected chi connectivity index (χ2v) is 17.4. The number of esters is 4. The fourth-order valence-corrected chi connectivity index (χ4v) is 9.09. The average molecular weight is 1090 g/mol. The molecule has 0 spiro atoms. The van der Waals surface area contributed by atoms with E-state index in [-0.39, 0.29) is 38.8 Å². The van der Waals surface area contributed by atoms with Crippen molar-refractivity contribution in [3.8, 4) is 0 Å². The number of hydrogen-bond donors (Lipinski definition) is 0. The molecule has 394 valence electrons. The average Bonchev–Trinajstić information content (AvgIpc) is 3.66. The van der Waals surface area contributed by atoms with Crippen molar-refractivity contribution < 1.29 is 76.1 Å². The maximum absolute atomic E-state index is 13.0. The predicted molar refractivity (Wildman–Crippen MR) is 245 cm³/mol. The summed E-state index contributed by atoms with van der Waals surface area (Å²) in [5.74, 6) is -3.57. The molecule has 33 heteroatoms. The minimum atomic E-state index is -1.75. The summed E-state index contributed by atoms with van der Waals surface area (Å²) in [5.41, 5.74) is 48.7. The van der Waals surface area contributed by atoms with Gasteiger partial charge in [-0.25, -0.2) is 8.72 Å². The van der Waals surface area contributed by atoms with Crippen LogP contribution in [0, 0.1) is 0 Å². The molecule has 17 atom stereocenters. The number of carbonyl (C=O) groups is 5. The zero-order valence-corrected chi connectivity index (χ0v) is 41.3. The van der Waals surface area contributed by atoms with Crippen LogP contribution >= 0.6 is 16.1 Å². The molecule has 0 aromatic heterocycles. The molecule has 73 heavy (non-hydrogen) atoms. The molecular weight excluding hydrogens is 1040 g/mol. The first-order chi connectivity index (χ1) is 35.0. The summed E-state index contributed by atoms with van der Waals surface area (Å²) >= 11 is 3.22. The van der Waals surface area contributed by atoms with Gasteiger partial charge in [-0.3, -0.25) is 19.2 Å². The fourth-order valence-electron chi connectivity index (χ4n) is 8.66. The lowest BCUT2D eigenvalue weighted by atomic mass is 9.84. The third-order valence-corrected chi connectivity index (χ3v) is 12.1. The lowest BCUT2D eigenvalue weighted by Crippen LogP contribution is -2.62. The number of benzene rings is 1. The maximum Gasteiger partial charge on any atom is 0.420 e. The zero-order valence-electron chi connectivity index (χ0n) is 39.7. The van der Waals surface area contributed by atoms with E-state index >= 15 is 0 Å². The van der Waals surface area contributed by atoms with Crippen LogP contribution in [-0.4, -0.2) is 151 Å². The topological polar surface area (TPSA) is 434 Å². The fraction of sp³-hybridized carbons (Fsp3) is 0.725. The lowest BCUT2D eigenvalue weighted by molar-refractivity contribution is -0.292. The second-order valence-electron chi connectivity index (χ2n) is 16.5. The van der Waals surface area contributed by atoms with Gasteiger partial charge in [-0.2, -0.15) is 0 Å². The van der Waals surface area contributed by atoms with Gasteiger partial charge in [-0.1, -0.05) is 62.8 Å². The van der Waals surface area contributed by atoms with Crippen LogP contribution in [0.3, 0.4) is 0 Å². The molecule has 0 radical (unpaired) electrons. The molecule has 0 unspecified atom stereocenters. The summed E-state index contributed by atoms with van der Waals surface area (Å²) in [6.07, 6.45) is -19.9. The molecule has 0 bridgehead atoms. The van der Waals surface area contributed by atoms with E-state index in [2.05, 4.69) is 66.3 Å². The van der Waals surface area contributed by atoms with Crippen molar-refractivity contribution in [2.75, 3.05) is 13.1 Å². The molecule has 3 heterocycles. The van der Waals surface area contributed by atoms with Crippen molar-refractivity contribution in [1.82, 2.24) is 3.93 Å². The molecule has 4 aliphatic rings. The molecule has 0 N–H and O–H groups in total. The van der Waals surface area contributed by atoms with Crippen LogP contribution in [0.15, 0.2) is 55.9 Å². The van der Waals surface area contributed by atoms with E-state index in [1.165, 1.54) is 0 Å². The Hall–Kier alpha value is -6.84. The Morgan fingerprint density at radius 1 is 0.616 bits per heavy atom. The van der Waals surface area contributed by atoms with Crippen molar-refractivity contribution in [2.45, 2.75) is 171 Å². The van der Waals surface area contributed by atoms with Gasteiger partial charge in [0.2, 0.25) is 0 Å². The van der Waals surface area contributed by atoms with E-state index in [0.717, 1.165) is 37.2 Å². The van der Waals surface area contributed by atoms with E-state index < -0.39 is 141 Å². The highest BCUT2D eigenvalue weighted by Gasteiger charge is 2.58. The molecular formula is C40H51BrN16O16. The molecule has 1 aliphatic carbocycles. The van der Waals surface area contributed by atoms with E-state index in [9.17, 15) is 51.6 Å². The quantitative estimate of drug-likeness (QED) is 0.0312. The van der Waals surface area contributed by atoms with Gasteiger partial charge >= 0.3 is 30.0 Å². The molecule has 32 nitrogen and oxygen atoms in total. The van der Waals surface area contributed by atoms with Gasteiger partial charge in [-0.05, 0) is 58.9 Å². The van der Waals surface area contributed by atoms with Crippen LogP contribution in [0.25, 0.3) is 52.2 Å². The van der Waals surface area contributed by atoms with Crippen molar-refractivity contribution in [1.29, 1.82) is 0 Å². The molecule has 4 fully saturated rings. The van der Waals surface area contributed by atoms with Gasteiger partial charge in [-0.15, -0.1) is 0 Å². The number of nitrogens with zero attached hydrogens (tertiary/aromatic N) is 16. The van der Waals surface area contributed by atoms with Gasteiger partial charge in [0, 0.05) is 52.3 Å². The van der Waals surface area contributed by atoms with Crippen LogP contribution in [0.1, 0.15) is 65.9 Å². The minimum Gasteiger partial charge on any atom is -0.459 e. The highest BCUT2D eigenvalue weighted by Crippen LogP contribution is 2.40. The van der Waals surface area contributed by atoms with Crippen LogP contribution in [0.2, 0.25) is 0 Å². The Labute approximate surface area is 422 Å². The van der Waals surface area contributed by atoms with Gasteiger partial charge in [0.25, 0.3) is 0 Å². The van der Waals surface area contributed by atoms with Crippen LogP contribution in [0.5, 0.6) is 0 Å². The molecule has 5 rings (SSSR count). The standard InChI is InChI=1S/C40H51BrN16O16/c1-6-27-32(72-38-29(51-56-46)34(66-20(4)60)33(65-19(3)59)28(70-38)15-47-52-42)36(67-21(5)61)39(69-27)73-35-30(64-18(2)58)25(49-54-44)14-26(50-55-45)31(35)71-37-24(48-53-43)13-12-23(68-37)16-57(41)40(62)63-17-22-10-8-7-9-11-22/h7-11,23-39H,6,12-17H2,1-5H3/t23-,24+,25+,26-,27+,28-,29+,30-,31+,32+,33+,34+,35+,36+,37+,38+,39-/m0/s1. The highest BCUT2D eigenvalue weighted by atomic mass is 79.9. The number of rotatable bonds is 21. The first kappa shape index (κ1) is 57.1. The Balaban J connectivity index is 1.52. The number of amides is 1. The lowest BCUT2D eigenvalue weighted by Gasteiger charge is -2.46. The van der Waals surface area contributed by atoms with Crippen molar-refractivity contribution >= 4 is 46.1 Å². The SMILES string of the molecule is CC[C@H]1O[C@@H](O[C@@H]2[C@@H](OC(C)=O)[C@H](N=[N+]=[N-])C[C@H](N=[N+]=[N-])[C@H]2O[C@H]2O[C@H](CN(Br)C(=O)OCc3ccccc3)CC[C@H]2N=[N+]=[N-])[C@H](OC(C)=O)[C@@H]1O[C@H]1O[C@@H](CN=[N+]=[N-])[C@@H](OC(C)=O)[C@H](OC(C)=O)[C@H]1N=[N+]=[N-]. The zero-order chi connectivity index (χ0) is 53.2. The third kappa shape index (κ3) is 15.6. The van der Waals surface area contributed by atoms with Crippen LogP contribution in [-0.2, 0) is 77.9 Å². The first-order valence-electron chi connectivity index (χ1n) is 22.5. The smallest absolute Gasteiger partial charge is 0.420 e. The number of halogens is 1. The Morgan fingerprint density at radius 2 is 1.16 bits per heavy atom. The molecule has 1 saturated carbocycles. The first-order valence-corrected chi connectivity index (χ1v) is 23.2. The Morgan fingerprint density at radius 3 is 1.77 bits per heavy atom. The van der Waals surface area contributed by atoms with Crippen molar-refractivity contribution in [2.24, 2.45) is 25.6 Å². The summed E-state index contributed by atoms with van der Waals surface area (Å²) in [4.78, 5) is 77.9. The second kappa shape index (κ2) is 27.8. The van der Waals surface area contributed by atoms with Crippen LogP contribution in [0.4, 0.5) is 4.79 Å². The largest absolute Gasteiger partial charge is 0.459 e. The summed E-state index contributed by atoms with van der Waals surface area (Å²) in [5, 5.41) is 18.9. The number of hydrogen-bond acceptors (Lipinski definition) is 21. The maximum atomic E-state index is 13.0. The van der Waals surface area contributed by atoms with Gasteiger partial charge in [0.05, 0.1) is 65.7 Å².